The Balaban J connectivity index is 1.97. The first-order valence-corrected chi connectivity index (χ1v) is 7.71. The number of nitrogens with one attached hydrogen (secondary N) is 1. The molecule has 1 atom stereocenters. The van der Waals surface area contributed by atoms with Crippen LogP contribution in [0.25, 0.3) is 0 Å². The molecule has 1 N–H and O–H groups in total. The third kappa shape index (κ3) is 4.69. The van der Waals surface area contributed by atoms with Gasteiger partial charge in [0.05, 0.1) is 24.5 Å². The van der Waals surface area contributed by atoms with E-state index < -0.39 is 0 Å². The summed E-state index contributed by atoms with van der Waals surface area (Å²) in [6.07, 6.45) is 5.15. The predicted molar refractivity (Wildman–Crippen MR) is 84.1 cm³/mol. The first-order valence-electron chi connectivity index (χ1n) is 7.33. The van der Waals surface area contributed by atoms with Crippen molar-refractivity contribution in [1.82, 2.24) is 14.7 Å². The summed E-state index contributed by atoms with van der Waals surface area (Å²) in [4.78, 5) is 14.1. The average molecular weight is 315 g/mol. The molecule has 1 fully saturated rings. The minimum atomic E-state index is -0.256. The zero-order valence-corrected chi connectivity index (χ0v) is 13.4. The highest BCUT2D eigenvalue weighted by molar-refractivity contribution is 6.32. The molecule has 0 bridgehead atoms. The van der Waals surface area contributed by atoms with Crippen LogP contribution in [0, 0.1) is 0 Å². The summed E-state index contributed by atoms with van der Waals surface area (Å²) >= 11 is 6.14. The molecule has 0 saturated carbocycles. The quantitative estimate of drug-likeness (QED) is 0.861. The minimum absolute atomic E-state index is 0.186. The van der Waals surface area contributed by atoms with Gasteiger partial charge in [0.2, 0.25) is 0 Å². The van der Waals surface area contributed by atoms with Crippen LogP contribution in [0.2, 0.25) is 5.02 Å². The molecule has 0 spiro atoms. The Morgan fingerprint density at radius 3 is 3.00 bits per heavy atom. The highest BCUT2D eigenvalue weighted by Gasteiger charge is 2.15. The van der Waals surface area contributed by atoms with Gasteiger partial charge in [-0.2, -0.15) is 5.10 Å². The van der Waals surface area contributed by atoms with Gasteiger partial charge in [0.25, 0.3) is 5.56 Å². The summed E-state index contributed by atoms with van der Waals surface area (Å²) in [7, 11) is 3.90. The molecule has 118 valence electrons. The van der Waals surface area contributed by atoms with Crippen LogP contribution in [0.1, 0.15) is 19.3 Å². The van der Waals surface area contributed by atoms with Gasteiger partial charge < -0.3 is 15.0 Å². The molecule has 1 saturated heterocycles. The van der Waals surface area contributed by atoms with E-state index in [9.17, 15) is 4.79 Å². The monoisotopic (exact) mass is 314 g/mol. The number of halogens is 1. The maximum absolute atomic E-state index is 12.1. The molecule has 1 aromatic heterocycles. The van der Waals surface area contributed by atoms with Gasteiger partial charge >= 0.3 is 0 Å². The Labute approximate surface area is 130 Å². The van der Waals surface area contributed by atoms with Gasteiger partial charge in [-0.1, -0.05) is 11.6 Å². The third-order valence-corrected chi connectivity index (χ3v) is 3.90. The van der Waals surface area contributed by atoms with E-state index in [1.54, 1.807) is 6.20 Å². The van der Waals surface area contributed by atoms with Gasteiger partial charge in [-0.15, -0.1) is 0 Å². The van der Waals surface area contributed by atoms with Gasteiger partial charge in [0.15, 0.2) is 0 Å². The van der Waals surface area contributed by atoms with Crippen molar-refractivity contribution in [3.05, 3.63) is 21.6 Å². The Morgan fingerprint density at radius 2 is 2.33 bits per heavy atom. The van der Waals surface area contributed by atoms with Crippen molar-refractivity contribution in [2.45, 2.75) is 31.9 Å². The van der Waals surface area contributed by atoms with E-state index in [2.05, 4.69) is 10.4 Å². The molecule has 1 aliphatic heterocycles. The SMILES string of the molecule is CN(C)CCn1ncc(NCC2CCCCO2)c(Cl)c1=O. The van der Waals surface area contributed by atoms with E-state index in [0.717, 1.165) is 26.0 Å². The number of hydrogen-bond donors (Lipinski definition) is 1. The van der Waals surface area contributed by atoms with E-state index in [4.69, 9.17) is 16.3 Å². The Kier molecular flexibility index (Phi) is 6.02. The van der Waals surface area contributed by atoms with Crippen LogP contribution in [0.15, 0.2) is 11.0 Å². The number of anilines is 1. The van der Waals surface area contributed by atoms with E-state index in [0.29, 0.717) is 18.8 Å². The maximum atomic E-state index is 12.1. The number of likely N-dealkylation sites (N-methyl/N-ethyl adjacent to an activating group) is 1. The molecule has 21 heavy (non-hydrogen) atoms. The lowest BCUT2D eigenvalue weighted by Gasteiger charge is -2.23. The molecular weight excluding hydrogens is 292 g/mol. The first-order chi connectivity index (χ1) is 10.1. The third-order valence-electron chi connectivity index (χ3n) is 3.54. The highest BCUT2D eigenvalue weighted by Crippen LogP contribution is 2.17. The van der Waals surface area contributed by atoms with Crippen LogP contribution < -0.4 is 10.9 Å². The normalized spacial score (nSPS) is 19.0. The summed E-state index contributed by atoms with van der Waals surface area (Å²) in [6, 6.07) is 0. The fraction of sp³-hybridized carbons (Fsp3) is 0.714. The van der Waals surface area contributed by atoms with Crippen molar-refractivity contribution < 1.29 is 4.74 Å². The second kappa shape index (κ2) is 7.77. The molecule has 0 amide bonds. The van der Waals surface area contributed by atoms with E-state index >= 15 is 0 Å². The fourth-order valence-corrected chi connectivity index (χ4v) is 2.45. The van der Waals surface area contributed by atoms with Crippen molar-refractivity contribution in [2.75, 3.05) is 39.1 Å². The number of aromatic nitrogens is 2. The average Bonchev–Trinajstić information content (AvgIpc) is 2.48. The van der Waals surface area contributed by atoms with Crippen LogP contribution in [-0.4, -0.2) is 54.6 Å². The Bertz CT molecular complexity index is 512. The van der Waals surface area contributed by atoms with E-state index in [-0.39, 0.29) is 16.7 Å². The zero-order chi connectivity index (χ0) is 15.2. The summed E-state index contributed by atoms with van der Waals surface area (Å²) < 4.78 is 7.04. The topological polar surface area (TPSA) is 59.4 Å². The van der Waals surface area contributed by atoms with E-state index in [1.807, 2.05) is 19.0 Å². The molecule has 0 aliphatic carbocycles. The van der Waals surface area contributed by atoms with Crippen molar-refractivity contribution in [3.8, 4) is 0 Å². The minimum Gasteiger partial charge on any atom is -0.380 e. The lowest BCUT2D eigenvalue weighted by molar-refractivity contribution is 0.0247. The fourth-order valence-electron chi connectivity index (χ4n) is 2.23. The van der Waals surface area contributed by atoms with Crippen LogP contribution in [0.5, 0.6) is 0 Å². The van der Waals surface area contributed by atoms with Crippen LogP contribution >= 0.6 is 11.6 Å². The molecule has 1 unspecified atom stereocenters. The number of hydrogen-bond acceptors (Lipinski definition) is 5. The lowest BCUT2D eigenvalue weighted by atomic mass is 10.1. The van der Waals surface area contributed by atoms with Gasteiger partial charge in [-0.25, -0.2) is 4.68 Å². The molecule has 7 heteroatoms. The van der Waals surface area contributed by atoms with Crippen molar-refractivity contribution in [3.63, 3.8) is 0 Å². The van der Waals surface area contributed by atoms with Gasteiger partial charge in [-0.3, -0.25) is 4.79 Å². The molecule has 2 heterocycles. The zero-order valence-electron chi connectivity index (χ0n) is 12.6. The molecule has 6 nitrogen and oxygen atoms in total. The second-order valence-corrected chi connectivity index (χ2v) is 5.95. The molecule has 1 aliphatic rings. The largest absolute Gasteiger partial charge is 0.380 e. The number of ether oxygens (including phenoxy) is 1. The summed E-state index contributed by atoms with van der Waals surface area (Å²) in [5.74, 6) is 0. The maximum Gasteiger partial charge on any atom is 0.287 e. The summed E-state index contributed by atoms with van der Waals surface area (Å²) in [6.45, 7) is 2.73. The Hall–Kier alpha value is -1.11. The highest BCUT2D eigenvalue weighted by atomic mass is 35.5. The summed E-state index contributed by atoms with van der Waals surface area (Å²) in [5.41, 5.74) is 0.324. The van der Waals surface area contributed by atoms with Gasteiger partial charge in [0.1, 0.15) is 5.02 Å². The molecule has 1 aromatic rings. The smallest absolute Gasteiger partial charge is 0.287 e. The van der Waals surface area contributed by atoms with Gasteiger partial charge in [0, 0.05) is 19.7 Å². The number of nitrogens with zero attached hydrogens (tertiary/aromatic N) is 3. The second-order valence-electron chi connectivity index (χ2n) is 5.57. The molecule has 0 radical (unpaired) electrons. The van der Waals surface area contributed by atoms with Crippen LogP contribution in [-0.2, 0) is 11.3 Å². The van der Waals surface area contributed by atoms with Crippen LogP contribution in [0.4, 0.5) is 5.69 Å². The first kappa shape index (κ1) is 16.3. The molecule has 0 aromatic carbocycles. The van der Waals surface area contributed by atoms with Gasteiger partial charge in [-0.05, 0) is 33.4 Å². The standard InChI is InChI=1S/C14H23ClN4O2/c1-18(2)6-7-19-14(20)13(15)12(10-17-19)16-9-11-5-3-4-8-21-11/h10-11,16H,3-9H2,1-2H3. The molecule has 2 rings (SSSR count). The predicted octanol–water partition coefficient (Wildman–Crippen LogP) is 1.44. The van der Waals surface area contributed by atoms with Crippen molar-refractivity contribution in [2.24, 2.45) is 0 Å². The Morgan fingerprint density at radius 1 is 1.52 bits per heavy atom. The van der Waals surface area contributed by atoms with E-state index in [1.165, 1.54) is 11.1 Å². The van der Waals surface area contributed by atoms with Crippen LogP contribution in [0.3, 0.4) is 0 Å². The summed E-state index contributed by atoms with van der Waals surface area (Å²) in [5, 5.41) is 7.53. The van der Waals surface area contributed by atoms with Crippen molar-refractivity contribution >= 4 is 17.3 Å². The lowest BCUT2D eigenvalue weighted by Crippen LogP contribution is -2.31. The van der Waals surface area contributed by atoms with Crippen molar-refractivity contribution in [1.29, 1.82) is 0 Å². The molecular formula is C14H23ClN4O2. The number of rotatable bonds is 6.